The van der Waals surface area contributed by atoms with Crippen molar-refractivity contribution in [2.24, 2.45) is 11.3 Å². The summed E-state index contributed by atoms with van der Waals surface area (Å²) in [4.78, 5) is 36.8. The molecule has 1 saturated heterocycles. The highest BCUT2D eigenvalue weighted by atomic mass is 16.4. The van der Waals surface area contributed by atoms with E-state index in [-0.39, 0.29) is 24.2 Å². The van der Waals surface area contributed by atoms with Crippen molar-refractivity contribution in [3.63, 3.8) is 0 Å². The summed E-state index contributed by atoms with van der Waals surface area (Å²) < 4.78 is 0. The summed E-state index contributed by atoms with van der Waals surface area (Å²) in [5.41, 5.74) is -0.501. The van der Waals surface area contributed by atoms with E-state index >= 15 is 0 Å². The standard InChI is InChI=1S/C15H26N2O4/c1-10(8-12(18)19)9-16-13(20)11-6-5-7-17(11)14(21)15(2,3)4/h10-11H,5-9H2,1-4H3,(H,16,20)(H,18,19). The number of carboxylic acid groups (broad SMARTS) is 1. The van der Waals surface area contributed by atoms with Crippen LogP contribution >= 0.6 is 0 Å². The lowest BCUT2D eigenvalue weighted by Crippen LogP contribution is -2.49. The fraction of sp³-hybridized carbons (Fsp3) is 0.800. The van der Waals surface area contributed by atoms with Gasteiger partial charge in [-0.25, -0.2) is 0 Å². The largest absolute Gasteiger partial charge is 0.481 e. The molecule has 21 heavy (non-hydrogen) atoms. The minimum Gasteiger partial charge on any atom is -0.481 e. The number of nitrogens with one attached hydrogen (secondary N) is 1. The molecule has 6 nitrogen and oxygen atoms in total. The third-order valence-corrected chi connectivity index (χ3v) is 3.61. The van der Waals surface area contributed by atoms with Gasteiger partial charge in [0.05, 0.1) is 0 Å². The average molecular weight is 298 g/mol. The molecule has 0 saturated carbocycles. The van der Waals surface area contributed by atoms with Crippen molar-refractivity contribution in [2.75, 3.05) is 13.1 Å². The van der Waals surface area contributed by atoms with Gasteiger partial charge in [-0.05, 0) is 18.8 Å². The SMILES string of the molecule is CC(CNC(=O)C1CCCN1C(=O)C(C)(C)C)CC(=O)O. The second-order valence-electron chi connectivity index (χ2n) is 6.85. The van der Waals surface area contributed by atoms with E-state index < -0.39 is 17.4 Å². The molecule has 0 spiro atoms. The van der Waals surface area contributed by atoms with Gasteiger partial charge < -0.3 is 15.3 Å². The van der Waals surface area contributed by atoms with Crippen LogP contribution in [-0.4, -0.2) is 46.9 Å². The fourth-order valence-corrected chi connectivity index (χ4v) is 2.48. The molecule has 0 radical (unpaired) electrons. The number of carboxylic acids is 1. The van der Waals surface area contributed by atoms with Crippen molar-refractivity contribution in [2.45, 2.75) is 53.0 Å². The molecule has 120 valence electrons. The van der Waals surface area contributed by atoms with Crippen LogP contribution in [0.3, 0.4) is 0 Å². The van der Waals surface area contributed by atoms with E-state index in [1.54, 1.807) is 11.8 Å². The van der Waals surface area contributed by atoms with E-state index in [1.165, 1.54) is 0 Å². The van der Waals surface area contributed by atoms with Crippen LogP contribution in [0.2, 0.25) is 0 Å². The van der Waals surface area contributed by atoms with Crippen molar-refractivity contribution in [1.29, 1.82) is 0 Å². The van der Waals surface area contributed by atoms with Crippen LogP contribution in [-0.2, 0) is 14.4 Å². The van der Waals surface area contributed by atoms with E-state index in [1.807, 2.05) is 20.8 Å². The third-order valence-electron chi connectivity index (χ3n) is 3.61. The van der Waals surface area contributed by atoms with Crippen LogP contribution in [0.1, 0.15) is 47.0 Å². The van der Waals surface area contributed by atoms with E-state index in [4.69, 9.17) is 5.11 Å². The molecule has 1 aliphatic heterocycles. The van der Waals surface area contributed by atoms with Crippen molar-refractivity contribution in [3.8, 4) is 0 Å². The summed E-state index contributed by atoms with van der Waals surface area (Å²) >= 11 is 0. The van der Waals surface area contributed by atoms with E-state index in [2.05, 4.69) is 5.32 Å². The molecule has 2 N–H and O–H groups in total. The predicted octanol–water partition coefficient (Wildman–Crippen LogP) is 1.25. The van der Waals surface area contributed by atoms with Gasteiger partial charge in [0, 0.05) is 24.9 Å². The Hall–Kier alpha value is -1.59. The Balaban J connectivity index is 2.57. The maximum absolute atomic E-state index is 12.3. The fourth-order valence-electron chi connectivity index (χ4n) is 2.48. The molecule has 0 aliphatic carbocycles. The number of carbonyl (C=O) groups is 3. The summed E-state index contributed by atoms with van der Waals surface area (Å²) in [6.45, 7) is 8.24. The lowest BCUT2D eigenvalue weighted by Gasteiger charge is -2.30. The lowest BCUT2D eigenvalue weighted by molar-refractivity contribution is -0.144. The van der Waals surface area contributed by atoms with Crippen LogP contribution in [0, 0.1) is 11.3 Å². The minimum absolute atomic E-state index is 0.0151. The number of carbonyl (C=O) groups excluding carboxylic acids is 2. The van der Waals surface area contributed by atoms with Crippen molar-refractivity contribution >= 4 is 17.8 Å². The Kier molecular flexibility index (Phi) is 5.75. The Morgan fingerprint density at radius 3 is 2.48 bits per heavy atom. The summed E-state index contributed by atoms with van der Waals surface area (Å²) in [5.74, 6) is -1.19. The highest BCUT2D eigenvalue weighted by molar-refractivity contribution is 5.90. The maximum atomic E-state index is 12.3. The first-order valence-corrected chi connectivity index (χ1v) is 7.43. The number of amides is 2. The average Bonchev–Trinajstić information content (AvgIpc) is 2.81. The van der Waals surface area contributed by atoms with E-state index in [0.29, 0.717) is 19.5 Å². The summed E-state index contributed by atoms with van der Waals surface area (Å²) in [6, 6.07) is -0.422. The highest BCUT2D eigenvalue weighted by Crippen LogP contribution is 2.25. The first-order valence-electron chi connectivity index (χ1n) is 7.43. The molecule has 0 aromatic rings. The molecule has 1 aliphatic rings. The number of aliphatic carboxylic acids is 1. The Labute approximate surface area is 125 Å². The van der Waals surface area contributed by atoms with Gasteiger partial charge in [0.1, 0.15) is 6.04 Å². The molecule has 6 heteroatoms. The molecule has 0 bridgehead atoms. The van der Waals surface area contributed by atoms with Crippen LogP contribution in [0.4, 0.5) is 0 Å². The van der Waals surface area contributed by atoms with Gasteiger partial charge in [-0.3, -0.25) is 14.4 Å². The second-order valence-corrected chi connectivity index (χ2v) is 6.85. The number of nitrogens with zero attached hydrogens (tertiary/aromatic N) is 1. The van der Waals surface area contributed by atoms with Crippen LogP contribution in [0.5, 0.6) is 0 Å². The molecule has 0 aromatic heterocycles. The molecule has 1 fully saturated rings. The van der Waals surface area contributed by atoms with Crippen LogP contribution in [0.25, 0.3) is 0 Å². The monoisotopic (exact) mass is 298 g/mol. The number of hydrogen-bond donors (Lipinski definition) is 2. The van der Waals surface area contributed by atoms with Gasteiger partial charge in [-0.15, -0.1) is 0 Å². The first-order chi connectivity index (χ1) is 9.62. The minimum atomic E-state index is -0.873. The molecule has 1 heterocycles. The zero-order chi connectivity index (χ0) is 16.2. The third kappa shape index (κ3) is 5.02. The van der Waals surface area contributed by atoms with Gasteiger partial charge in [-0.2, -0.15) is 0 Å². The normalized spacial score (nSPS) is 20.2. The summed E-state index contributed by atoms with van der Waals surface area (Å²) in [6.07, 6.45) is 1.52. The van der Waals surface area contributed by atoms with E-state index in [0.717, 1.165) is 6.42 Å². The summed E-state index contributed by atoms with van der Waals surface area (Å²) in [5, 5.41) is 11.5. The maximum Gasteiger partial charge on any atom is 0.303 e. The first kappa shape index (κ1) is 17.5. The number of rotatable bonds is 5. The summed E-state index contributed by atoms with van der Waals surface area (Å²) in [7, 11) is 0. The smallest absolute Gasteiger partial charge is 0.303 e. The van der Waals surface area contributed by atoms with Crippen molar-refractivity contribution < 1.29 is 19.5 Å². The molecule has 2 atom stereocenters. The topological polar surface area (TPSA) is 86.7 Å². The lowest BCUT2D eigenvalue weighted by atomic mass is 9.94. The molecule has 2 amide bonds. The quantitative estimate of drug-likeness (QED) is 0.799. The number of hydrogen-bond acceptors (Lipinski definition) is 3. The Morgan fingerprint density at radius 2 is 1.95 bits per heavy atom. The Morgan fingerprint density at radius 1 is 1.33 bits per heavy atom. The molecule has 0 aromatic carbocycles. The second kappa shape index (κ2) is 6.91. The van der Waals surface area contributed by atoms with Gasteiger partial charge in [0.15, 0.2) is 0 Å². The van der Waals surface area contributed by atoms with Gasteiger partial charge in [-0.1, -0.05) is 27.7 Å². The zero-order valence-electron chi connectivity index (χ0n) is 13.3. The van der Waals surface area contributed by atoms with Crippen molar-refractivity contribution in [1.82, 2.24) is 10.2 Å². The highest BCUT2D eigenvalue weighted by Gasteiger charge is 2.38. The van der Waals surface area contributed by atoms with Gasteiger partial charge in [0.25, 0.3) is 0 Å². The van der Waals surface area contributed by atoms with Crippen molar-refractivity contribution in [3.05, 3.63) is 0 Å². The van der Waals surface area contributed by atoms with Crippen LogP contribution in [0.15, 0.2) is 0 Å². The molecule has 2 unspecified atom stereocenters. The molecule has 1 rings (SSSR count). The van der Waals surface area contributed by atoms with E-state index in [9.17, 15) is 14.4 Å². The predicted molar refractivity (Wildman–Crippen MR) is 78.6 cm³/mol. The number of likely N-dealkylation sites (tertiary alicyclic amines) is 1. The van der Waals surface area contributed by atoms with Crippen LogP contribution < -0.4 is 5.32 Å². The van der Waals surface area contributed by atoms with Gasteiger partial charge in [0.2, 0.25) is 11.8 Å². The molecular weight excluding hydrogens is 272 g/mol. The Bertz CT molecular complexity index is 414. The van der Waals surface area contributed by atoms with Gasteiger partial charge >= 0.3 is 5.97 Å². The molecular formula is C15H26N2O4. The zero-order valence-corrected chi connectivity index (χ0v) is 13.3.